The lowest BCUT2D eigenvalue weighted by atomic mass is 10.1. The van der Waals surface area contributed by atoms with Crippen LogP contribution in [0.25, 0.3) is 0 Å². The summed E-state index contributed by atoms with van der Waals surface area (Å²) in [6.45, 7) is 13.7. The summed E-state index contributed by atoms with van der Waals surface area (Å²) in [7, 11) is -1.82. The Morgan fingerprint density at radius 2 is 2.09 bits per heavy atom. The number of anilines is 1. The standard InChI is InChI=1S/C17H30N4OSi/c1-13(15-8-7-11-20-16(15)19)21-14(9-10-18)12-22-23(5,6)17(2,3)4/h7-8,11,13-14,21H,9,12H2,1-6H3,(H2,19,20)/t13?,14-/m0/s1. The fraction of sp³-hybridized carbons (Fsp3) is 0.647. The van der Waals surface area contributed by atoms with Crippen LogP contribution < -0.4 is 11.1 Å². The van der Waals surface area contributed by atoms with Gasteiger partial charge >= 0.3 is 0 Å². The van der Waals surface area contributed by atoms with E-state index in [-0.39, 0.29) is 17.1 Å². The van der Waals surface area contributed by atoms with Crippen molar-refractivity contribution < 1.29 is 4.43 Å². The third-order valence-electron chi connectivity index (χ3n) is 4.61. The minimum absolute atomic E-state index is 0.0186. The summed E-state index contributed by atoms with van der Waals surface area (Å²) in [6.07, 6.45) is 2.08. The minimum atomic E-state index is -1.82. The summed E-state index contributed by atoms with van der Waals surface area (Å²) in [5, 5.41) is 12.7. The molecular weight excluding hydrogens is 304 g/mol. The number of nitrogens with two attached hydrogens (primary N) is 1. The first-order chi connectivity index (χ1) is 10.6. The third kappa shape index (κ3) is 5.61. The summed E-state index contributed by atoms with van der Waals surface area (Å²) in [4.78, 5) is 4.12. The van der Waals surface area contributed by atoms with Crippen LogP contribution in [-0.2, 0) is 4.43 Å². The van der Waals surface area contributed by atoms with Crippen molar-refractivity contribution >= 4 is 14.1 Å². The van der Waals surface area contributed by atoms with E-state index in [0.29, 0.717) is 18.8 Å². The van der Waals surface area contributed by atoms with E-state index in [1.807, 2.05) is 19.1 Å². The van der Waals surface area contributed by atoms with Crippen LogP contribution in [0, 0.1) is 11.3 Å². The normalized spacial score (nSPS) is 15.0. The quantitative estimate of drug-likeness (QED) is 0.744. The van der Waals surface area contributed by atoms with E-state index in [4.69, 9.17) is 15.4 Å². The second-order valence-electron chi connectivity index (χ2n) is 7.50. The molecule has 0 aliphatic rings. The van der Waals surface area contributed by atoms with E-state index in [9.17, 15) is 0 Å². The molecule has 23 heavy (non-hydrogen) atoms. The van der Waals surface area contributed by atoms with Gasteiger partial charge in [-0.2, -0.15) is 5.26 Å². The number of rotatable bonds is 7. The Kier molecular flexibility index (Phi) is 6.75. The van der Waals surface area contributed by atoms with Crippen molar-refractivity contribution in [3.63, 3.8) is 0 Å². The van der Waals surface area contributed by atoms with Crippen molar-refractivity contribution in [1.29, 1.82) is 5.26 Å². The Morgan fingerprint density at radius 1 is 1.43 bits per heavy atom. The summed E-state index contributed by atoms with van der Waals surface area (Å²) in [5.41, 5.74) is 6.88. The number of hydrogen-bond donors (Lipinski definition) is 2. The molecule has 0 aliphatic heterocycles. The summed E-state index contributed by atoms with van der Waals surface area (Å²) in [5.74, 6) is 0.522. The highest BCUT2D eigenvalue weighted by Gasteiger charge is 2.37. The number of hydrogen-bond acceptors (Lipinski definition) is 5. The van der Waals surface area contributed by atoms with Crippen LogP contribution in [0.15, 0.2) is 18.3 Å². The zero-order valence-electron chi connectivity index (χ0n) is 15.2. The molecule has 0 fully saturated rings. The Hall–Kier alpha value is -1.42. The molecule has 128 valence electrons. The van der Waals surface area contributed by atoms with Crippen molar-refractivity contribution in [2.24, 2.45) is 0 Å². The van der Waals surface area contributed by atoms with Crippen molar-refractivity contribution in [3.8, 4) is 6.07 Å². The maximum Gasteiger partial charge on any atom is 0.192 e. The van der Waals surface area contributed by atoms with Gasteiger partial charge in [0, 0.05) is 23.8 Å². The first-order valence-corrected chi connectivity index (χ1v) is 11.0. The molecular formula is C17H30N4OSi. The molecule has 0 saturated carbocycles. The molecule has 0 aliphatic carbocycles. The van der Waals surface area contributed by atoms with Crippen molar-refractivity contribution in [2.75, 3.05) is 12.3 Å². The van der Waals surface area contributed by atoms with Gasteiger partial charge in [-0.25, -0.2) is 4.98 Å². The van der Waals surface area contributed by atoms with Gasteiger partial charge in [-0.15, -0.1) is 0 Å². The SMILES string of the molecule is CC(N[C@@H](CC#N)CO[Si](C)(C)C(C)(C)C)c1cccnc1N. The number of nitrogens with one attached hydrogen (secondary N) is 1. The smallest absolute Gasteiger partial charge is 0.192 e. The largest absolute Gasteiger partial charge is 0.415 e. The predicted octanol–water partition coefficient (Wildman–Crippen LogP) is 3.62. The van der Waals surface area contributed by atoms with Gasteiger partial charge < -0.3 is 15.5 Å². The van der Waals surface area contributed by atoms with Gasteiger partial charge in [-0.1, -0.05) is 26.8 Å². The van der Waals surface area contributed by atoms with Crippen LogP contribution in [-0.4, -0.2) is 26.0 Å². The van der Waals surface area contributed by atoms with Gasteiger partial charge in [0.25, 0.3) is 0 Å². The Balaban J connectivity index is 2.73. The Labute approximate surface area is 141 Å². The van der Waals surface area contributed by atoms with Crippen LogP contribution in [0.3, 0.4) is 0 Å². The van der Waals surface area contributed by atoms with Crippen LogP contribution in [0.2, 0.25) is 18.1 Å². The molecule has 2 atom stereocenters. The lowest BCUT2D eigenvalue weighted by Crippen LogP contribution is -2.45. The van der Waals surface area contributed by atoms with E-state index in [1.165, 1.54) is 0 Å². The maximum atomic E-state index is 9.09. The fourth-order valence-corrected chi connectivity index (χ4v) is 3.09. The van der Waals surface area contributed by atoms with Crippen LogP contribution in [0.1, 0.15) is 45.7 Å². The zero-order valence-corrected chi connectivity index (χ0v) is 16.2. The van der Waals surface area contributed by atoms with Gasteiger partial charge in [-0.05, 0) is 31.1 Å². The molecule has 1 unspecified atom stereocenters. The third-order valence-corrected chi connectivity index (χ3v) is 9.11. The number of aromatic nitrogens is 1. The molecule has 1 aromatic heterocycles. The van der Waals surface area contributed by atoms with Gasteiger partial charge in [-0.3, -0.25) is 0 Å². The molecule has 0 saturated heterocycles. The molecule has 3 N–H and O–H groups in total. The second kappa shape index (κ2) is 7.91. The Bertz CT molecular complexity index is 548. The lowest BCUT2D eigenvalue weighted by molar-refractivity contribution is 0.235. The molecule has 0 aromatic carbocycles. The Morgan fingerprint density at radius 3 is 2.61 bits per heavy atom. The first kappa shape index (κ1) is 19.6. The van der Waals surface area contributed by atoms with Gasteiger partial charge in [0.15, 0.2) is 8.32 Å². The molecule has 0 radical (unpaired) electrons. The molecule has 5 nitrogen and oxygen atoms in total. The van der Waals surface area contributed by atoms with Crippen molar-refractivity contribution in [1.82, 2.24) is 10.3 Å². The highest BCUT2D eigenvalue weighted by atomic mass is 28.4. The number of nitrogens with zero attached hydrogens (tertiary/aromatic N) is 2. The van der Waals surface area contributed by atoms with Crippen LogP contribution >= 0.6 is 0 Å². The van der Waals surface area contributed by atoms with Gasteiger partial charge in [0.05, 0.1) is 19.1 Å². The molecule has 1 rings (SSSR count). The number of pyridine rings is 1. The summed E-state index contributed by atoms with van der Waals surface area (Å²) < 4.78 is 6.25. The van der Waals surface area contributed by atoms with Crippen molar-refractivity contribution in [3.05, 3.63) is 23.9 Å². The lowest BCUT2D eigenvalue weighted by Gasteiger charge is -2.37. The number of nitrogen functional groups attached to an aromatic ring is 1. The van der Waals surface area contributed by atoms with E-state index in [0.717, 1.165) is 5.56 Å². The van der Waals surface area contributed by atoms with Crippen LogP contribution in [0.5, 0.6) is 0 Å². The predicted molar refractivity (Wildman–Crippen MR) is 97.4 cm³/mol. The summed E-state index contributed by atoms with van der Waals surface area (Å²) >= 11 is 0. The first-order valence-electron chi connectivity index (χ1n) is 8.06. The maximum absolute atomic E-state index is 9.09. The molecule has 1 aromatic rings. The van der Waals surface area contributed by atoms with E-state index < -0.39 is 8.32 Å². The zero-order chi connectivity index (χ0) is 17.7. The second-order valence-corrected chi connectivity index (χ2v) is 12.3. The summed E-state index contributed by atoms with van der Waals surface area (Å²) in [6, 6.07) is 6.06. The van der Waals surface area contributed by atoms with E-state index in [1.54, 1.807) is 6.20 Å². The van der Waals surface area contributed by atoms with Crippen LogP contribution in [0.4, 0.5) is 5.82 Å². The highest BCUT2D eigenvalue weighted by molar-refractivity contribution is 6.74. The average Bonchev–Trinajstić information content (AvgIpc) is 2.44. The number of nitriles is 1. The molecule has 0 bridgehead atoms. The molecule has 0 spiro atoms. The monoisotopic (exact) mass is 334 g/mol. The highest BCUT2D eigenvalue weighted by Crippen LogP contribution is 2.36. The fourth-order valence-electron chi connectivity index (χ4n) is 2.04. The van der Waals surface area contributed by atoms with E-state index in [2.05, 4.69) is 50.2 Å². The average molecular weight is 335 g/mol. The topological polar surface area (TPSA) is 84.0 Å². The minimum Gasteiger partial charge on any atom is -0.415 e. The van der Waals surface area contributed by atoms with Gasteiger partial charge in [0.2, 0.25) is 0 Å². The molecule has 1 heterocycles. The molecule has 0 amide bonds. The molecule has 6 heteroatoms. The van der Waals surface area contributed by atoms with Crippen molar-refractivity contribution in [2.45, 2.75) is 64.3 Å². The van der Waals surface area contributed by atoms with E-state index >= 15 is 0 Å². The van der Waals surface area contributed by atoms with Gasteiger partial charge in [0.1, 0.15) is 5.82 Å².